The highest BCUT2D eigenvalue weighted by molar-refractivity contribution is 6.30. The number of rotatable bonds is 7. The van der Waals surface area contributed by atoms with E-state index in [0.29, 0.717) is 39.3 Å². The molecule has 0 atom stereocenters. The van der Waals surface area contributed by atoms with Crippen molar-refractivity contribution < 1.29 is 23.8 Å². The van der Waals surface area contributed by atoms with Crippen molar-refractivity contribution in [2.24, 2.45) is 0 Å². The highest BCUT2D eigenvalue weighted by atomic mass is 35.5. The number of nitrogens with one attached hydrogen (secondary N) is 1. The third-order valence-electron chi connectivity index (χ3n) is 4.27. The van der Waals surface area contributed by atoms with Crippen LogP contribution in [0.4, 0.5) is 5.69 Å². The average Bonchev–Trinajstić information content (AvgIpc) is 3.18. The Morgan fingerprint density at radius 2 is 1.86 bits per heavy atom. The maximum absolute atomic E-state index is 12.8. The van der Waals surface area contributed by atoms with Crippen LogP contribution in [0.5, 0.6) is 11.5 Å². The first kappa shape index (κ1) is 20.8. The summed E-state index contributed by atoms with van der Waals surface area (Å²) in [6.07, 6.45) is 0. The van der Waals surface area contributed by atoms with Crippen molar-refractivity contribution in [1.82, 2.24) is 0 Å². The number of hydrogen-bond acceptors (Lipinski definition) is 5. The normalized spacial score (nSPS) is 11.2. The number of benzene rings is 2. The van der Waals surface area contributed by atoms with Gasteiger partial charge in [-0.05, 0) is 68.4 Å². The molecular weight excluding hydrogens is 394 g/mol. The van der Waals surface area contributed by atoms with Crippen molar-refractivity contribution in [2.75, 3.05) is 12.4 Å². The largest absolute Gasteiger partial charge is 0.496 e. The van der Waals surface area contributed by atoms with Gasteiger partial charge in [0.05, 0.1) is 12.7 Å². The summed E-state index contributed by atoms with van der Waals surface area (Å²) < 4.78 is 16.8. The van der Waals surface area contributed by atoms with E-state index >= 15 is 0 Å². The predicted octanol–water partition coefficient (Wildman–Crippen LogP) is 4.90. The first-order valence-corrected chi connectivity index (χ1v) is 9.34. The summed E-state index contributed by atoms with van der Waals surface area (Å²) in [6.45, 7) is 3.16. The number of ether oxygens (including phenoxy) is 2. The number of aliphatic hydroxyl groups excluding tert-OH is 1. The van der Waals surface area contributed by atoms with E-state index in [-0.39, 0.29) is 12.5 Å². The molecule has 29 heavy (non-hydrogen) atoms. The van der Waals surface area contributed by atoms with Crippen molar-refractivity contribution in [3.8, 4) is 22.8 Å². The van der Waals surface area contributed by atoms with Gasteiger partial charge in [-0.1, -0.05) is 11.6 Å². The average molecular weight is 416 g/mol. The smallest absolute Gasteiger partial charge is 0.267 e. The summed E-state index contributed by atoms with van der Waals surface area (Å²) in [7, 11) is 1.55. The maximum atomic E-state index is 12.8. The molecule has 0 spiro atoms. The Labute approximate surface area is 174 Å². The fourth-order valence-electron chi connectivity index (χ4n) is 2.71. The second kappa shape index (κ2) is 8.59. The molecule has 3 rings (SSSR count). The quantitative estimate of drug-likeness (QED) is 0.573. The Bertz CT molecular complexity index is 995. The van der Waals surface area contributed by atoms with Crippen LogP contribution in [0.15, 0.2) is 59.0 Å². The number of halogens is 1. The first-order chi connectivity index (χ1) is 13.8. The number of carbonyl (C=O) groups excluding carboxylic acids is 1. The van der Waals surface area contributed by atoms with E-state index in [1.54, 1.807) is 75.6 Å². The van der Waals surface area contributed by atoms with Crippen LogP contribution in [-0.4, -0.2) is 23.7 Å². The van der Waals surface area contributed by atoms with Gasteiger partial charge in [-0.2, -0.15) is 0 Å². The SMILES string of the molecule is COc1ccc(NC(=O)C(C)(C)Oc2ccc(Cl)cc2)cc1-c1ccc(CO)o1. The van der Waals surface area contributed by atoms with E-state index in [0.717, 1.165) is 0 Å². The highest BCUT2D eigenvalue weighted by Crippen LogP contribution is 2.34. The van der Waals surface area contributed by atoms with Crippen LogP contribution in [0, 0.1) is 0 Å². The lowest BCUT2D eigenvalue weighted by Crippen LogP contribution is -2.42. The van der Waals surface area contributed by atoms with Gasteiger partial charge in [0.25, 0.3) is 5.91 Å². The zero-order chi connectivity index (χ0) is 21.0. The van der Waals surface area contributed by atoms with Gasteiger partial charge in [0, 0.05) is 10.7 Å². The summed E-state index contributed by atoms with van der Waals surface area (Å²) in [6, 6.07) is 15.4. The standard InChI is InChI=1S/C22H22ClNO5/c1-22(2,29-16-7-4-14(23)5-8-16)21(26)24-15-6-10-19(27-3)18(12-15)20-11-9-17(13-25)28-20/h4-12,25H,13H2,1-3H3,(H,24,26). The molecule has 6 nitrogen and oxygen atoms in total. The molecular formula is C22H22ClNO5. The number of carbonyl (C=O) groups is 1. The Kier molecular flexibility index (Phi) is 6.15. The lowest BCUT2D eigenvalue weighted by molar-refractivity contribution is -0.128. The van der Waals surface area contributed by atoms with Crippen molar-refractivity contribution in [2.45, 2.75) is 26.1 Å². The first-order valence-electron chi connectivity index (χ1n) is 8.96. The van der Waals surface area contributed by atoms with Gasteiger partial charge in [-0.15, -0.1) is 0 Å². The third kappa shape index (κ3) is 4.91. The van der Waals surface area contributed by atoms with E-state index in [1.807, 2.05) is 0 Å². The van der Waals surface area contributed by atoms with Crippen LogP contribution < -0.4 is 14.8 Å². The minimum absolute atomic E-state index is 0.199. The predicted molar refractivity (Wildman–Crippen MR) is 111 cm³/mol. The van der Waals surface area contributed by atoms with Crippen molar-refractivity contribution in [3.63, 3.8) is 0 Å². The number of methoxy groups -OCH3 is 1. The maximum Gasteiger partial charge on any atom is 0.267 e. The molecule has 0 saturated heterocycles. The van der Waals surface area contributed by atoms with Crippen molar-refractivity contribution >= 4 is 23.2 Å². The molecule has 0 radical (unpaired) electrons. The zero-order valence-corrected chi connectivity index (χ0v) is 17.1. The third-order valence-corrected chi connectivity index (χ3v) is 4.53. The molecule has 1 aromatic heterocycles. The Hall–Kier alpha value is -2.96. The fraction of sp³-hybridized carbons (Fsp3) is 0.227. The summed E-state index contributed by atoms with van der Waals surface area (Å²) in [5.41, 5.74) is 0.0878. The fourth-order valence-corrected chi connectivity index (χ4v) is 2.84. The lowest BCUT2D eigenvalue weighted by atomic mass is 10.1. The van der Waals surface area contributed by atoms with Crippen molar-refractivity contribution in [1.29, 1.82) is 0 Å². The van der Waals surface area contributed by atoms with E-state index in [1.165, 1.54) is 0 Å². The topological polar surface area (TPSA) is 80.9 Å². The molecule has 152 valence electrons. The van der Waals surface area contributed by atoms with Crippen LogP contribution in [-0.2, 0) is 11.4 Å². The molecule has 1 amide bonds. The highest BCUT2D eigenvalue weighted by Gasteiger charge is 2.30. The van der Waals surface area contributed by atoms with E-state index in [2.05, 4.69) is 5.32 Å². The number of anilines is 1. The second-order valence-corrected chi connectivity index (χ2v) is 7.30. The summed E-state index contributed by atoms with van der Waals surface area (Å²) in [5.74, 6) is 1.77. The van der Waals surface area contributed by atoms with Gasteiger partial charge in [0.15, 0.2) is 5.60 Å². The van der Waals surface area contributed by atoms with Crippen LogP contribution in [0.3, 0.4) is 0 Å². The van der Waals surface area contributed by atoms with Gasteiger partial charge in [0.2, 0.25) is 0 Å². The van der Waals surface area contributed by atoms with Crippen LogP contribution in [0.1, 0.15) is 19.6 Å². The molecule has 0 aliphatic carbocycles. The van der Waals surface area contributed by atoms with E-state index < -0.39 is 5.60 Å². The summed E-state index contributed by atoms with van der Waals surface area (Å²) >= 11 is 5.89. The van der Waals surface area contributed by atoms with E-state index in [4.69, 9.17) is 25.5 Å². The molecule has 2 aromatic carbocycles. The minimum Gasteiger partial charge on any atom is -0.496 e. The van der Waals surface area contributed by atoms with Gasteiger partial charge < -0.3 is 24.3 Å². The minimum atomic E-state index is -1.12. The Balaban J connectivity index is 1.80. The molecule has 7 heteroatoms. The molecule has 2 N–H and O–H groups in total. The molecule has 0 aliphatic heterocycles. The number of furan rings is 1. The molecule has 0 bridgehead atoms. The Morgan fingerprint density at radius 3 is 2.48 bits per heavy atom. The summed E-state index contributed by atoms with van der Waals surface area (Å²) in [4.78, 5) is 12.8. The number of aliphatic hydroxyl groups is 1. The molecule has 1 heterocycles. The van der Waals surface area contributed by atoms with Crippen LogP contribution in [0.25, 0.3) is 11.3 Å². The summed E-state index contributed by atoms with van der Waals surface area (Å²) in [5, 5.41) is 12.7. The monoisotopic (exact) mass is 415 g/mol. The molecule has 0 fully saturated rings. The van der Waals surface area contributed by atoms with Crippen LogP contribution >= 0.6 is 11.6 Å². The lowest BCUT2D eigenvalue weighted by Gasteiger charge is -2.25. The zero-order valence-electron chi connectivity index (χ0n) is 16.4. The van der Waals surface area contributed by atoms with Gasteiger partial charge in [-0.3, -0.25) is 4.79 Å². The Morgan fingerprint density at radius 1 is 1.14 bits per heavy atom. The van der Waals surface area contributed by atoms with Gasteiger partial charge >= 0.3 is 0 Å². The number of hydrogen-bond donors (Lipinski definition) is 2. The second-order valence-electron chi connectivity index (χ2n) is 6.86. The molecule has 0 aliphatic rings. The molecule has 0 saturated carbocycles. The van der Waals surface area contributed by atoms with Crippen LogP contribution in [0.2, 0.25) is 5.02 Å². The van der Waals surface area contributed by atoms with E-state index in [9.17, 15) is 9.90 Å². The number of amides is 1. The van der Waals surface area contributed by atoms with Gasteiger partial charge in [0.1, 0.15) is 29.6 Å². The molecule has 0 unspecified atom stereocenters. The van der Waals surface area contributed by atoms with Crippen molar-refractivity contribution in [3.05, 3.63) is 65.4 Å². The van der Waals surface area contributed by atoms with Gasteiger partial charge in [-0.25, -0.2) is 0 Å². The molecule has 3 aromatic rings.